The van der Waals surface area contributed by atoms with Crippen LogP contribution in [0.15, 0.2) is 47.4 Å². The van der Waals surface area contributed by atoms with E-state index in [9.17, 15) is 8.42 Å². The smallest absolute Gasteiger partial charge is 0.225 e. The molecule has 86 valence electrons. The molecule has 0 saturated heterocycles. The number of rotatable bonds is 1. The van der Waals surface area contributed by atoms with Gasteiger partial charge in [-0.1, -0.05) is 36.4 Å². The Hall–Kier alpha value is -1.65. The van der Waals surface area contributed by atoms with Gasteiger partial charge >= 0.3 is 0 Å². The third-order valence-corrected chi connectivity index (χ3v) is 4.11. The molecule has 0 aliphatic heterocycles. The molecular weight excluding hydrogens is 234 g/mol. The van der Waals surface area contributed by atoms with E-state index < -0.39 is 10.0 Å². The van der Waals surface area contributed by atoms with Gasteiger partial charge in [-0.15, -0.1) is 0 Å². The normalized spacial score (nSPS) is 13.2. The van der Waals surface area contributed by atoms with Crippen LogP contribution < -0.4 is 5.14 Å². The Bertz CT molecular complexity index is 705. The maximum Gasteiger partial charge on any atom is 0.238 e. The van der Waals surface area contributed by atoms with Gasteiger partial charge in [-0.3, -0.25) is 0 Å². The van der Waals surface area contributed by atoms with Gasteiger partial charge in [0.2, 0.25) is 10.0 Å². The lowest BCUT2D eigenvalue weighted by Gasteiger charge is -2.05. The van der Waals surface area contributed by atoms with Crippen LogP contribution in [0.4, 0.5) is 0 Å². The molecule has 0 heterocycles. The van der Waals surface area contributed by atoms with Gasteiger partial charge in [-0.2, -0.15) is 0 Å². The zero-order valence-electron chi connectivity index (χ0n) is 9.05. The highest BCUT2D eigenvalue weighted by atomic mass is 32.2. The van der Waals surface area contributed by atoms with Crippen molar-refractivity contribution in [3.8, 4) is 11.1 Å². The molecule has 0 aromatic heterocycles. The number of fused-ring (bicyclic) bond motifs is 3. The molecule has 3 nitrogen and oxygen atoms in total. The summed E-state index contributed by atoms with van der Waals surface area (Å²) >= 11 is 0. The lowest BCUT2D eigenvalue weighted by Crippen LogP contribution is -2.14. The molecule has 0 atom stereocenters. The van der Waals surface area contributed by atoms with Crippen LogP contribution in [0, 0.1) is 0 Å². The van der Waals surface area contributed by atoms with Crippen molar-refractivity contribution in [3.05, 3.63) is 53.6 Å². The zero-order valence-corrected chi connectivity index (χ0v) is 9.87. The summed E-state index contributed by atoms with van der Waals surface area (Å²) in [7, 11) is -3.65. The van der Waals surface area contributed by atoms with Crippen LogP contribution in [-0.4, -0.2) is 8.42 Å². The van der Waals surface area contributed by atoms with Gasteiger partial charge in [0.05, 0.1) is 4.90 Å². The van der Waals surface area contributed by atoms with E-state index in [2.05, 4.69) is 0 Å². The molecule has 0 radical (unpaired) electrons. The van der Waals surface area contributed by atoms with E-state index in [0.717, 1.165) is 22.3 Å². The van der Waals surface area contributed by atoms with Gasteiger partial charge in [0.15, 0.2) is 0 Å². The van der Waals surface area contributed by atoms with Crippen LogP contribution >= 0.6 is 0 Å². The molecule has 1 aliphatic rings. The van der Waals surface area contributed by atoms with Gasteiger partial charge in [0, 0.05) is 6.42 Å². The molecule has 2 aromatic rings. The second kappa shape index (κ2) is 3.42. The standard InChI is InChI=1S/C13H11NO2S/c14-17(15,16)13-7-3-6-11-10-5-2-1-4-9(10)8-12(11)13/h1-7H,8H2,(H2,14,15,16). The van der Waals surface area contributed by atoms with Crippen molar-refractivity contribution >= 4 is 10.0 Å². The second-order valence-corrected chi connectivity index (χ2v) is 5.69. The molecule has 2 aromatic carbocycles. The highest BCUT2D eigenvalue weighted by Crippen LogP contribution is 2.38. The Morgan fingerprint density at radius 1 is 0.941 bits per heavy atom. The molecule has 2 N–H and O–H groups in total. The second-order valence-electron chi connectivity index (χ2n) is 4.16. The topological polar surface area (TPSA) is 60.2 Å². The van der Waals surface area contributed by atoms with Gasteiger partial charge in [0.25, 0.3) is 0 Å². The Kier molecular flexibility index (Phi) is 2.11. The van der Waals surface area contributed by atoms with E-state index in [1.165, 1.54) is 0 Å². The van der Waals surface area contributed by atoms with Crippen molar-refractivity contribution in [2.75, 3.05) is 0 Å². The molecule has 3 rings (SSSR count). The first-order valence-electron chi connectivity index (χ1n) is 5.30. The number of benzene rings is 2. The molecular formula is C13H11NO2S. The van der Waals surface area contributed by atoms with E-state index in [1.54, 1.807) is 12.1 Å². The molecule has 0 bridgehead atoms. The lowest BCUT2D eigenvalue weighted by molar-refractivity contribution is 0.597. The Balaban J connectivity index is 2.32. The summed E-state index contributed by atoms with van der Waals surface area (Å²) < 4.78 is 23.0. The van der Waals surface area contributed by atoms with Crippen LogP contribution in [0.25, 0.3) is 11.1 Å². The summed E-state index contributed by atoms with van der Waals surface area (Å²) in [6.07, 6.45) is 0.637. The predicted molar refractivity (Wildman–Crippen MR) is 66.1 cm³/mol. The van der Waals surface area contributed by atoms with E-state index in [-0.39, 0.29) is 4.90 Å². The van der Waals surface area contributed by atoms with Crippen molar-refractivity contribution in [1.29, 1.82) is 0 Å². The Morgan fingerprint density at radius 3 is 2.41 bits per heavy atom. The van der Waals surface area contributed by atoms with Crippen LogP contribution in [0.1, 0.15) is 11.1 Å². The van der Waals surface area contributed by atoms with Gasteiger partial charge in [-0.25, -0.2) is 13.6 Å². The average molecular weight is 245 g/mol. The number of nitrogens with two attached hydrogens (primary N) is 1. The molecule has 4 heteroatoms. The van der Waals surface area contributed by atoms with E-state index in [1.807, 2.05) is 30.3 Å². The number of primary sulfonamides is 1. The van der Waals surface area contributed by atoms with Crippen LogP contribution in [0.5, 0.6) is 0 Å². The summed E-state index contributed by atoms with van der Waals surface area (Å²) in [4.78, 5) is 0.242. The van der Waals surface area contributed by atoms with Crippen LogP contribution in [0.3, 0.4) is 0 Å². The third-order valence-electron chi connectivity index (χ3n) is 3.11. The molecule has 0 unspecified atom stereocenters. The van der Waals surface area contributed by atoms with Crippen molar-refractivity contribution < 1.29 is 8.42 Å². The van der Waals surface area contributed by atoms with E-state index >= 15 is 0 Å². The Labute approximate surface area is 99.9 Å². The van der Waals surface area contributed by atoms with Crippen molar-refractivity contribution in [3.63, 3.8) is 0 Å². The summed E-state index contributed by atoms with van der Waals surface area (Å²) in [5.74, 6) is 0. The summed E-state index contributed by atoms with van der Waals surface area (Å²) in [6.45, 7) is 0. The molecule has 17 heavy (non-hydrogen) atoms. The highest BCUT2D eigenvalue weighted by molar-refractivity contribution is 7.89. The number of hydrogen-bond acceptors (Lipinski definition) is 2. The van der Waals surface area contributed by atoms with Gasteiger partial charge in [-0.05, 0) is 28.3 Å². The minimum atomic E-state index is -3.65. The molecule has 0 saturated carbocycles. The Morgan fingerprint density at radius 2 is 1.65 bits per heavy atom. The quantitative estimate of drug-likeness (QED) is 0.712. The molecule has 0 amide bonds. The predicted octanol–water partition coefficient (Wildman–Crippen LogP) is 1.91. The summed E-state index contributed by atoms with van der Waals surface area (Å²) in [6, 6.07) is 13.2. The fourth-order valence-electron chi connectivity index (χ4n) is 2.39. The van der Waals surface area contributed by atoms with Crippen molar-refractivity contribution in [2.24, 2.45) is 5.14 Å². The fourth-order valence-corrected chi connectivity index (χ4v) is 3.19. The van der Waals surface area contributed by atoms with Gasteiger partial charge in [0.1, 0.15) is 0 Å². The first-order valence-corrected chi connectivity index (χ1v) is 6.85. The maximum absolute atomic E-state index is 11.5. The SMILES string of the molecule is NS(=O)(=O)c1cccc2c1Cc1ccccc1-2. The minimum absolute atomic E-state index is 0.242. The zero-order chi connectivity index (χ0) is 12.0. The van der Waals surface area contributed by atoms with Crippen molar-refractivity contribution in [2.45, 2.75) is 11.3 Å². The molecule has 1 aliphatic carbocycles. The average Bonchev–Trinajstić information content (AvgIpc) is 2.65. The highest BCUT2D eigenvalue weighted by Gasteiger charge is 2.24. The van der Waals surface area contributed by atoms with Gasteiger partial charge < -0.3 is 0 Å². The third kappa shape index (κ3) is 1.57. The molecule has 0 fully saturated rings. The monoisotopic (exact) mass is 245 g/mol. The number of hydrogen-bond donors (Lipinski definition) is 1. The van der Waals surface area contributed by atoms with Crippen LogP contribution in [-0.2, 0) is 16.4 Å². The maximum atomic E-state index is 11.5. The molecule has 0 spiro atoms. The van der Waals surface area contributed by atoms with Crippen LogP contribution in [0.2, 0.25) is 0 Å². The summed E-state index contributed by atoms with van der Waals surface area (Å²) in [5, 5.41) is 5.24. The van der Waals surface area contributed by atoms with E-state index in [4.69, 9.17) is 5.14 Å². The van der Waals surface area contributed by atoms with E-state index in [0.29, 0.717) is 6.42 Å². The fraction of sp³-hybridized carbons (Fsp3) is 0.0769. The van der Waals surface area contributed by atoms with Crippen molar-refractivity contribution in [1.82, 2.24) is 0 Å². The first-order chi connectivity index (χ1) is 8.07. The largest absolute Gasteiger partial charge is 0.238 e. The first kappa shape index (κ1) is 10.5. The minimum Gasteiger partial charge on any atom is -0.225 e. The summed E-state index contributed by atoms with van der Waals surface area (Å²) in [5.41, 5.74) is 4.05. The number of sulfonamides is 1. The lowest BCUT2D eigenvalue weighted by atomic mass is 10.1.